The third kappa shape index (κ3) is 7.86. The maximum atomic E-state index is 13.5. The Kier molecular flexibility index (Phi) is 9.99. The van der Waals surface area contributed by atoms with Gasteiger partial charge in [0.15, 0.2) is 5.82 Å². The van der Waals surface area contributed by atoms with Crippen molar-refractivity contribution in [2.45, 2.75) is 57.4 Å². The van der Waals surface area contributed by atoms with Crippen LogP contribution in [-0.4, -0.2) is 93.4 Å². The van der Waals surface area contributed by atoms with E-state index in [1.807, 2.05) is 30.3 Å². The Morgan fingerprint density at radius 3 is 2.32 bits per heavy atom. The number of hydrogen-bond donors (Lipinski definition) is 2. The third-order valence-electron chi connectivity index (χ3n) is 7.34. The quantitative estimate of drug-likeness (QED) is 0.466. The molecule has 0 unspecified atom stereocenters. The van der Waals surface area contributed by atoms with Crippen LogP contribution < -0.4 is 5.32 Å². The molecular formula is C29H35N5O7. The van der Waals surface area contributed by atoms with E-state index in [2.05, 4.69) is 10.3 Å². The molecule has 1 saturated carbocycles. The zero-order chi connectivity index (χ0) is 29.4. The molecule has 218 valence electrons. The fourth-order valence-corrected chi connectivity index (χ4v) is 5.05. The highest BCUT2D eigenvalue weighted by atomic mass is 16.6. The monoisotopic (exact) mass is 565 g/mol. The van der Waals surface area contributed by atoms with Crippen LogP contribution in [0, 0.1) is 0 Å². The molecule has 0 spiro atoms. The zero-order valence-electron chi connectivity index (χ0n) is 23.1. The largest absolute Gasteiger partial charge is 0.481 e. The second-order valence-electron chi connectivity index (χ2n) is 10.2. The fourth-order valence-electron chi connectivity index (χ4n) is 5.05. The van der Waals surface area contributed by atoms with Gasteiger partial charge in [-0.25, -0.2) is 14.8 Å². The number of carbonyl (C=O) groups excluding carboxylic acids is 4. The molecule has 3 amide bonds. The molecule has 1 aromatic carbocycles. The van der Waals surface area contributed by atoms with Crippen LogP contribution in [0.3, 0.4) is 0 Å². The molecule has 2 fully saturated rings. The Morgan fingerprint density at radius 2 is 1.68 bits per heavy atom. The summed E-state index contributed by atoms with van der Waals surface area (Å²) in [4.78, 5) is 74.4. The molecule has 0 radical (unpaired) electrons. The first-order valence-corrected chi connectivity index (χ1v) is 13.9. The van der Waals surface area contributed by atoms with Crippen molar-refractivity contribution in [2.75, 3.05) is 32.8 Å². The summed E-state index contributed by atoms with van der Waals surface area (Å²) < 4.78 is 5.02. The van der Waals surface area contributed by atoms with Crippen LogP contribution in [0.5, 0.6) is 0 Å². The summed E-state index contributed by atoms with van der Waals surface area (Å²) in [6, 6.07) is 9.71. The Hall–Kier alpha value is -4.35. The summed E-state index contributed by atoms with van der Waals surface area (Å²) in [5.41, 5.74) is 1.43. The second-order valence-corrected chi connectivity index (χ2v) is 10.2. The first-order chi connectivity index (χ1) is 19.7. The van der Waals surface area contributed by atoms with Crippen LogP contribution in [0.2, 0.25) is 0 Å². The Bertz CT molecular complexity index is 1270. The number of nitrogens with zero attached hydrogens (tertiary/aromatic N) is 4. The summed E-state index contributed by atoms with van der Waals surface area (Å²) in [6.45, 7) is 2.96. The summed E-state index contributed by atoms with van der Waals surface area (Å²) in [6.07, 6.45) is 1.28. The molecule has 1 aromatic heterocycles. The van der Waals surface area contributed by atoms with E-state index in [4.69, 9.17) is 9.72 Å². The lowest BCUT2D eigenvalue weighted by Crippen LogP contribution is -2.56. The Labute approximate surface area is 238 Å². The number of ether oxygens (including phenoxy) is 1. The van der Waals surface area contributed by atoms with Gasteiger partial charge in [0, 0.05) is 62.6 Å². The number of ketones is 1. The summed E-state index contributed by atoms with van der Waals surface area (Å²) in [5.74, 6) is -1.58. The number of amides is 3. The van der Waals surface area contributed by atoms with Crippen LogP contribution in [0.1, 0.15) is 67.5 Å². The molecular weight excluding hydrogens is 530 g/mol. The lowest BCUT2D eigenvalue weighted by molar-refractivity contribution is -0.138. The molecule has 2 aliphatic rings. The van der Waals surface area contributed by atoms with Crippen molar-refractivity contribution in [3.8, 4) is 11.4 Å². The van der Waals surface area contributed by atoms with Gasteiger partial charge in [0.25, 0.3) is 5.91 Å². The van der Waals surface area contributed by atoms with E-state index in [0.717, 1.165) is 0 Å². The molecule has 12 nitrogen and oxygen atoms in total. The molecule has 2 aromatic rings. The predicted molar refractivity (Wildman–Crippen MR) is 147 cm³/mol. The third-order valence-corrected chi connectivity index (χ3v) is 7.34. The summed E-state index contributed by atoms with van der Waals surface area (Å²) in [5, 5.41) is 12.0. The van der Waals surface area contributed by atoms with E-state index >= 15 is 0 Å². The van der Waals surface area contributed by atoms with Crippen molar-refractivity contribution in [3.05, 3.63) is 47.8 Å². The number of carboxylic acids is 1. The van der Waals surface area contributed by atoms with Gasteiger partial charge < -0.3 is 25.0 Å². The average molecular weight is 566 g/mol. The summed E-state index contributed by atoms with van der Waals surface area (Å²) in [7, 11) is 0. The molecule has 2 N–H and O–H groups in total. The van der Waals surface area contributed by atoms with Gasteiger partial charge in [-0.2, -0.15) is 0 Å². The van der Waals surface area contributed by atoms with E-state index in [-0.39, 0.29) is 63.0 Å². The molecule has 2 heterocycles. The van der Waals surface area contributed by atoms with Gasteiger partial charge in [-0.1, -0.05) is 30.3 Å². The number of nitrogens with one attached hydrogen (secondary N) is 1. The molecule has 1 saturated heterocycles. The highest BCUT2D eigenvalue weighted by Crippen LogP contribution is 2.31. The minimum atomic E-state index is -1.10. The molecule has 41 heavy (non-hydrogen) atoms. The molecule has 1 aliphatic carbocycles. The smallest absolute Gasteiger partial charge is 0.409 e. The van der Waals surface area contributed by atoms with E-state index in [9.17, 15) is 29.1 Å². The van der Waals surface area contributed by atoms with Crippen molar-refractivity contribution >= 4 is 29.7 Å². The van der Waals surface area contributed by atoms with Crippen molar-refractivity contribution in [2.24, 2.45) is 0 Å². The number of carboxylic acid groups (broad SMARTS) is 1. The van der Waals surface area contributed by atoms with Crippen LogP contribution in [0.25, 0.3) is 11.4 Å². The highest BCUT2D eigenvalue weighted by molar-refractivity contribution is 5.96. The molecule has 0 bridgehead atoms. The van der Waals surface area contributed by atoms with Crippen molar-refractivity contribution in [1.82, 2.24) is 25.1 Å². The van der Waals surface area contributed by atoms with Gasteiger partial charge >= 0.3 is 12.1 Å². The van der Waals surface area contributed by atoms with E-state index in [1.54, 1.807) is 13.0 Å². The topological polar surface area (TPSA) is 159 Å². The number of piperazine rings is 1. The van der Waals surface area contributed by atoms with E-state index in [0.29, 0.717) is 42.8 Å². The predicted octanol–water partition coefficient (Wildman–Crippen LogP) is 2.63. The Morgan fingerprint density at radius 1 is 1.02 bits per heavy atom. The lowest BCUT2D eigenvalue weighted by Gasteiger charge is -2.35. The number of rotatable bonds is 9. The van der Waals surface area contributed by atoms with Gasteiger partial charge in [-0.15, -0.1) is 0 Å². The molecule has 1 aliphatic heterocycles. The van der Waals surface area contributed by atoms with Gasteiger partial charge in [0.05, 0.1) is 6.61 Å². The number of Topliss-reactive ketones (excluding diaryl/α,β-unsaturated/α-hetero) is 1. The minimum absolute atomic E-state index is 0.00940. The van der Waals surface area contributed by atoms with Crippen LogP contribution in [-0.2, 0) is 19.1 Å². The van der Waals surface area contributed by atoms with E-state index in [1.165, 1.54) is 9.80 Å². The number of carbonyl (C=O) groups is 5. The zero-order valence-corrected chi connectivity index (χ0v) is 23.1. The number of benzene rings is 1. The van der Waals surface area contributed by atoms with Gasteiger partial charge in [-0.3, -0.25) is 19.2 Å². The molecule has 1 atom stereocenters. The minimum Gasteiger partial charge on any atom is -0.481 e. The van der Waals surface area contributed by atoms with Crippen molar-refractivity contribution in [3.63, 3.8) is 0 Å². The number of hydrogen-bond acceptors (Lipinski definition) is 8. The average Bonchev–Trinajstić information content (AvgIpc) is 2.99. The van der Waals surface area contributed by atoms with Crippen LogP contribution >= 0.6 is 0 Å². The second kappa shape index (κ2) is 13.8. The first kappa shape index (κ1) is 29.6. The fraction of sp³-hybridized carbons (Fsp3) is 0.483. The molecule has 12 heteroatoms. The van der Waals surface area contributed by atoms with Gasteiger partial charge in [0.2, 0.25) is 5.91 Å². The van der Waals surface area contributed by atoms with Crippen LogP contribution in [0.4, 0.5) is 4.79 Å². The van der Waals surface area contributed by atoms with Crippen LogP contribution in [0.15, 0.2) is 36.4 Å². The maximum Gasteiger partial charge on any atom is 0.409 e. The van der Waals surface area contributed by atoms with Gasteiger partial charge in [-0.05, 0) is 32.3 Å². The maximum absolute atomic E-state index is 13.5. The lowest BCUT2D eigenvalue weighted by atomic mass is 9.86. The summed E-state index contributed by atoms with van der Waals surface area (Å²) >= 11 is 0. The Balaban J connectivity index is 1.55. The van der Waals surface area contributed by atoms with Crippen molar-refractivity contribution < 1.29 is 33.8 Å². The van der Waals surface area contributed by atoms with Gasteiger partial charge in [0.1, 0.15) is 17.5 Å². The van der Waals surface area contributed by atoms with Crippen molar-refractivity contribution in [1.29, 1.82) is 0 Å². The standard InChI is InChI=1S/C29H35N5O7/c1-2-41-29(40)34-16-14-33(15-17-34)28(39)22(12-13-25(36)37)32-27(38)24-18-23(19-8-10-21(35)11-9-19)30-26(31-24)20-6-4-3-5-7-20/h3-7,18-19,22H,2,8-17H2,1H3,(H,32,38)(H,36,37)/t22-/m0/s1. The number of aliphatic carboxylic acids is 1. The molecule has 4 rings (SSSR count). The van der Waals surface area contributed by atoms with E-state index < -0.39 is 29.9 Å². The first-order valence-electron chi connectivity index (χ1n) is 13.9. The normalized spacial score (nSPS) is 16.7. The number of aromatic nitrogens is 2. The SMILES string of the molecule is CCOC(=O)N1CCN(C(=O)[C@H](CCC(=O)O)NC(=O)c2cc(C3CCC(=O)CC3)nc(-c3ccccc3)n2)CC1. The highest BCUT2D eigenvalue weighted by Gasteiger charge is 2.32.